The summed E-state index contributed by atoms with van der Waals surface area (Å²) in [6.07, 6.45) is 2.91. The van der Waals surface area contributed by atoms with Gasteiger partial charge in [0.25, 0.3) is 0 Å². The molecule has 1 aliphatic rings. The maximum absolute atomic E-state index is 11.1. The van der Waals surface area contributed by atoms with Crippen molar-refractivity contribution in [1.82, 2.24) is 0 Å². The second-order valence-electron chi connectivity index (χ2n) is 3.41. The number of methoxy groups -OCH3 is 1. The zero-order valence-corrected chi connectivity index (χ0v) is 8.07. The Hall–Kier alpha value is -1.57. The molecular weight excluding hydrogens is 176 g/mol. The van der Waals surface area contributed by atoms with Crippen LogP contribution in [0.1, 0.15) is 12.0 Å². The van der Waals surface area contributed by atoms with Crippen LogP contribution in [0.3, 0.4) is 0 Å². The largest absolute Gasteiger partial charge is 0.469 e. The van der Waals surface area contributed by atoms with E-state index >= 15 is 0 Å². The van der Waals surface area contributed by atoms with E-state index in [4.69, 9.17) is 0 Å². The van der Waals surface area contributed by atoms with Crippen molar-refractivity contribution in [3.8, 4) is 0 Å². The molecule has 0 spiro atoms. The minimum atomic E-state index is -0.118. The fraction of sp³-hybridized carbons (Fsp3) is 0.250. The molecule has 2 rings (SSSR count). The molecular formula is C12H12O2. The van der Waals surface area contributed by atoms with E-state index in [1.54, 1.807) is 0 Å². The molecule has 2 nitrogen and oxygen atoms in total. The van der Waals surface area contributed by atoms with Crippen molar-refractivity contribution in [1.29, 1.82) is 0 Å². The van der Waals surface area contributed by atoms with E-state index in [2.05, 4.69) is 10.8 Å². The zero-order chi connectivity index (χ0) is 9.97. The number of carbonyl (C=O) groups excluding carboxylic acids is 1. The highest BCUT2D eigenvalue weighted by Gasteiger charge is 2.37. The van der Waals surface area contributed by atoms with Gasteiger partial charge in [0.05, 0.1) is 13.0 Å². The lowest BCUT2D eigenvalue weighted by Gasteiger charge is -1.92. The summed E-state index contributed by atoms with van der Waals surface area (Å²) in [4.78, 5) is 11.1. The monoisotopic (exact) mass is 188 g/mol. The van der Waals surface area contributed by atoms with Crippen LogP contribution in [-0.2, 0) is 9.53 Å². The van der Waals surface area contributed by atoms with Gasteiger partial charge in [-0.1, -0.05) is 42.0 Å². The number of carbonyl (C=O) groups is 1. The zero-order valence-electron chi connectivity index (χ0n) is 8.07. The Labute approximate surface area is 83.2 Å². The van der Waals surface area contributed by atoms with Crippen LogP contribution in [0.5, 0.6) is 0 Å². The molecule has 0 saturated heterocycles. The molecule has 1 aliphatic carbocycles. The van der Waals surface area contributed by atoms with Gasteiger partial charge in [-0.25, -0.2) is 0 Å². The quantitative estimate of drug-likeness (QED) is 0.665. The summed E-state index contributed by atoms with van der Waals surface area (Å²) in [6.45, 7) is 0. The second-order valence-corrected chi connectivity index (χ2v) is 3.41. The van der Waals surface area contributed by atoms with Crippen LogP contribution < -0.4 is 0 Å². The van der Waals surface area contributed by atoms with Crippen molar-refractivity contribution >= 4 is 12.0 Å². The standard InChI is InChI=1S/C12H12O2/c1-14-12(13)11-8-10(11)7-9-5-3-2-4-6-9/h2-7,11H,8H2,1H3. The van der Waals surface area contributed by atoms with Crippen molar-refractivity contribution < 1.29 is 9.53 Å². The Bertz CT molecular complexity index is 365. The number of rotatable bonds is 2. The van der Waals surface area contributed by atoms with Gasteiger partial charge in [0.2, 0.25) is 0 Å². The first-order chi connectivity index (χ1) is 6.81. The third kappa shape index (κ3) is 1.84. The molecule has 1 aromatic rings. The predicted molar refractivity (Wildman–Crippen MR) is 54.5 cm³/mol. The summed E-state index contributed by atoms with van der Waals surface area (Å²) < 4.78 is 4.66. The van der Waals surface area contributed by atoms with E-state index in [-0.39, 0.29) is 11.9 Å². The van der Waals surface area contributed by atoms with E-state index in [1.165, 1.54) is 12.7 Å². The van der Waals surface area contributed by atoms with E-state index < -0.39 is 0 Å². The van der Waals surface area contributed by atoms with Gasteiger partial charge < -0.3 is 4.74 Å². The minimum Gasteiger partial charge on any atom is -0.469 e. The van der Waals surface area contributed by atoms with Gasteiger partial charge in [0.1, 0.15) is 0 Å². The molecule has 0 amide bonds. The SMILES string of the molecule is COC(=O)C1CC1=Cc1ccccc1. The Balaban J connectivity index is 2.06. The predicted octanol–water partition coefficient (Wildman–Crippen LogP) is 2.26. The van der Waals surface area contributed by atoms with Gasteiger partial charge in [-0.05, 0) is 12.0 Å². The molecule has 2 heteroatoms. The minimum absolute atomic E-state index is 0.0141. The van der Waals surface area contributed by atoms with E-state index in [1.807, 2.05) is 30.3 Å². The fourth-order valence-corrected chi connectivity index (χ4v) is 1.48. The van der Waals surface area contributed by atoms with Crippen molar-refractivity contribution in [3.05, 3.63) is 41.5 Å². The van der Waals surface area contributed by atoms with Crippen LogP contribution in [0, 0.1) is 5.92 Å². The van der Waals surface area contributed by atoms with Crippen molar-refractivity contribution in [2.24, 2.45) is 5.92 Å². The van der Waals surface area contributed by atoms with Crippen molar-refractivity contribution in [2.75, 3.05) is 7.11 Å². The van der Waals surface area contributed by atoms with Gasteiger partial charge in [-0.2, -0.15) is 0 Å². The molecule has 1 fully saturated rings. The molecule has 72 valence electrons. The highest BCUT2D eigenvalue weighted by molar-refractivity contribution is 5.83. The highest BCUT2D eigenvalue weighted by atomic mass is 16.5. The van der Waals surface area contributed by atoms with Crippen LogP contribution in [0.2, 0.25) is 0 Å². The Morgan fingerprint density at radius 2 is 2.14 bits per heavy atom. The van der Waals surface area contributed by atoms with Crippen LogP contribution in [-0.4, -0.2) is 13.1 Å². The molecule has 0 heterocycles. The molecule has 0 N–H and O–H groups in total. The summed E-state index contributed by atoms with van der Waals surface area (Å²) in [5.74, 6) is -0.104. The summed E-state index contributed by atoms with van der Waals surface area (Å²) in [7, 11) is 1.43. The first-order valence-electron chi connectivity index (χ1n) is 4.64. The summed E-state index contributed by atoms with van der Waals surface area (Å²) in [5, 5.41) is 0. The van der Waals surface area contributed by atoms with E-state index in [0.717, 1.165) is 12.0 Å². The average molecular weight is 188 g/mol. The highest BCUT2D eigenvalue weighted by Crippen LogP contribution is 2.39. The summed E-state index contributed by atoms with van der Waals surface area (Å²) >= 11 is 0. The van der Waals surface area contributed by atoms with Crippen molar-refractivity contribution in [2.45, 2.75) is 6.42 Å². The number of ether oxygens (including phenoxy) is 1. The average Bonchev–Trinajstić information content (AvgIpc) is 2.98. The lowest BCUT2D eigenvalue weighted by molar-refractivity contribution is -0.141. The molecule has 14 heavy (non-hydrogen) atoms. The van der Waals surface area contributed by atoms with E-state index in [0.29, 0.717) is 0 Å². The maximum atomic E-state index is 11.1. The number of hydrogen-bond donors (Lipinski definition) is 0. The third-order valence-corrected chi connectivity index (χ3v) is 2.36. The van der Waals surface area contributed by atoms with Crippen LogP contribution in [0.25, 0.3) is 6.08 Å². The topological polar surface area (TPSA) is 26.3 Å². The molecule has 1 aromatic carbocycles. The molecule has 1 saturated carbocycles. The second kappa shape index (κ2) is 3.66. The third-order valence-electron chi connectivity index (χ3n) is 2.36. The summed E-state index contributed by atoms with van der Waals surface area (Å²) in [5.41, 5.74) is 2.32. The number of esters is 1. The Kier molecular flexibility index (Phi) is 2.35. The first kappa shape index (κ1) is 9.00. The summed E-state index contributed by atoms with van der Waals surface area (Å²) in [6, 6.07) is 10.0. The van der Waals surface area contributed by atoms with Crippen LogP contribution >= 0.6 is 0 Å². The Morgan fingerprint density at radius 1 is 1.43 bits per heavy atom. The Morgan fingerprint density at radius 3 is 2.79 bits per heavy atom. The fourth-order valence-electron chi connectivity index (χ4n) is 1.48. The van der Waals surface area contributed by atoms with Crippen molar-refractivity contribution in [3.63, 3.8) is 0 Å². The van der Waals surface area contributed by atoms with E-state index in [9.17, 15) is 4.79 Å². The number of hydrogen-bond acceptors (Lipinski definition) is 2. The molecule has 0 bridgehead atoms. The lowest BCUT2D eigenvalue weighted by atomic mass is 10.2. The molecule has 1 atom stereocenters. The number of benzene rings is 1. The lowest BCUT2D eigenvalue weighted by Crippen LogP contribution is -2.01. The molecule has 0 aliphatic heterocycles. The van der Waals surface area contributed by atoms with Gasteiger partial charge in [-0.3, -0.25) is 4.79 Å². The van der Waals surface area contributed by atoms with Gasteiger partial charge in [-0.15, -0.1) is 0 Å². The molecule has 0 aromatic heterocycles. The smallest absolute Gasteiger partial charge is 0.313 e. The first-order valence-corrected chi connectivity index (χ1v) is 4.64. The molecule has 0 radical (unpaired) electrons. The van der Waals surface area contributed by atoms with Gasteiger partial charge in [0, 0.05) is 0 Å². The maximum Gasteiger partial charge on any atom is 0.313 e. The van der Waals surface area contributed by atoms with Crippen LogP contribution in [0.15, 0.2) is 35.9 Å². The molecule has 1 unspecified atom stereocenters. The normalized spacial score (nSPS) is 22.1. The van der Waals surface area contributed by atoms with Gasteiger partial charge >= 0.3 is 5.97 Å². The van der Waals surface area contributed by atoms with Crippen LogP contribution in [0.4, 0.5) is 0 Å². The van der Waals surface area contributed by atoms with Gasteiger partial charge in [0.15, 0.2) is 0 Å².